The van der Waals surface area contributed by atoms with Gasteiger partial charge in [-0.05, 0) is 80.2 Å². The summed E-state index contributed by atoms with van der Waals surface area (Å²) in [5.41, 5.74) is 10.8. The van der Waals surface area contributed by atoms with Crippen molar-refractivity contribution < 1.29 is 0 Å². The van der Waals surface area contributed by atoms with E-state index in [1.165, 1.54) is 64.5 Å². The highest BCUT2D eigenvalue weighted by Crippen LogP contribution is 2.56. The van der Waals surface area contributed by atoms with Crippen molar-refractivity contribution in [1.29, 1.82) is 0 Å². The highest BCUT2D eigenvalue weighted by molar-refractivity contribution is 5.51. The lowest BCUT2D eigenvalue weighted by Crippen LogP contribution is -2.61. The van der Waals surface area contributed by atoms with E-state index in [9.17, 15) is 0 Å². The van der Waals surface area contributed by atoms with Gasteiger partial charge in [-0.3, -0.25) is 4.90 Å². The summed E-state index contributed by atoms with van der Waals surface area (Å²) in [6, 6.07) is 7.61. The quantitative estimate of drug-likeness (QED) is 0.842. The van der Waals surface area contributed by atoms with E-state index in [1.807, 2.05) is 0 Å². The van der Waals surface area contributed by atoms with Gasteiger partial charge in [-0.1, -0.05) is 18.9 Å². The molecule has 0 spiro atoms. The predicted octanol–water partition coefficient (Wildman–Crippen LogP) is 3.74. The van der Waals surface area contributed by atoms with E-state index in [1.54, 1.807) is 11.1 Å². The Morgan fingerprint density at radius 2 is 2.05 bits per heavy atom. The van der Waals surface area contributed by atoms with Gasteiger partial charge in [0.2, 0.25) is 0 Å². The van der Waals surface area contributed by atoms with E-state index in [0.29, 0.717) is 5.41 Å². The van der Waals surface area contributed by atoms with Crippen molar-refractivity contribution in [1.82, 2.24) is 4.90 Å². The average Bonchev–Trinajstić information content (AvgIpc) is 3.35. The third kappa shape index (κ3) is 1.89. The molecule has 3 fully saturated rings. The van der Waals surface area contributed by atoms with E-state index in [4.69, 9.17) is 5.73 Å². The number of benzene rings is 1. The van der Waals surface area contributed by atoms with Gasteiger partial charge < -0.3 is 5.73 Å². The van der Waals surface area contributed by atoms with Gasteiger partial charge in [-0.2, -0.15) is 0 Å². The van der Waals surface area contributed by atoms with Gasteiger partial charge in [0.1, 0.15) is 0 Å². The summed E-state index contributed by atoms with van der Waals surface area (Å²) in [4.78, 5) is 2.88. The van der Waals surface area contributed by atoms with Crippen LogP contribution in [0.2, 0.25) is 0 Å². The fourth-order valence-electron chi connectivity index (χ4n) is 5.96. The van der Waals surface area contributed by atoms with Crippen molar-refractivity contribution in [2.24, 2.45) is 11.8 Å². The summed E-state index contributed by atoms with van der Waals surface area (Å²) >= 11 is 0. The lowest BCUT2D eigenvalue weighted by Gasteiger charge is -2.59. The van der Waals surface area contributed by atoms with Crippen LogP contribution in [0.5, 0.6) is 0 Å². The van der Waals surface area contributed by atoms with Gasteiger partial charge in [0.05, 0.1) is 0 Å². The SMILES string of the molecule is Nc1ccc2c(c1)[C@]13CCCC[C@H]1[C@H](C2)N(CC1CC1)CC3. The largest absolute Gasteiger partial charge is 0.399 e. The number of piperidine rings is 1. The molecule has 2 bridgehead atoms. The predicted molar refractivity (Wildman–Crippen MR) is 90.9 cm³/mol. The molecule has 2 saturated carbocycles. The molecule has 0 radical (unpaired) electrons. The number of likely N-dealkylation sites (tertiary alicyclic amines) is 1. The number of nitrogen functional groups attached to an aromatic ring is 1. The highest BCUT2D eigenvalue weighted by Gasteiger charge is 2.54. The van der Waals surface area contributed by atoms with Crippen molar-refractivity contribution in [2.75, 3.05) is 18.8 Å². The minimum atomic E-state index is 0.464. The van der Waals surface area contributed by atoms with E-state index >= 15 is 0 Å². The van der Waals surface area contributed by atoms with Crippen molar-refractivity contribution in [3.05, 3.63) is 29.3 Å². The van der Waals surface area contributed by atoms with Gasteiger partial charge in [0, 0.05) is 23.7 Å². The molecule has 1 aromatic carbocycles. The molecule has 4 aliphatic rings. The van der Waals surface area contributed by atoms with Gasteiger partial charge in [0.15, 0.2) is 0 Å². The Kier molecular flexibility index (Phi) is 2.89. The first-order chi connectivity index (χ1) is 10.8. The normalized spacial score (nSPS) is 37.5. The van der Waals surface area contributed by atoms with Gasteiger partial charge in [-0.15, -0.1) is 0 Å². The van der Waals surface area contributed by atoms with Crippen LogP contribution in [-0.2, 0) is 11.8 Å². The topological polar surface area (TPSA) is 29.3 Å². The highest BCUT2D eigenvalue weighted by atomic mass is 15.2. The Morgan fingerprint density at radius 1 is 1.14 bits per heavy atom. The van der Waals surface area contributed by atoms with E-state index in [2.05, 4.69) is 23.1 Å². The van der Waals surface area contributed by atoms with Crippen molar-refractivity contribution in [3.8, 4) is 0 Å². The zero-order valence-corrected chi connectivity index (χ0v) is 13.6. The summed E-state index contributed by atoms with van der Waals surface area (Å²) < 4.78 is 0. The lowest BCUT2D eigenvalue weighted by molar-refractivity contribution is -0.0133. The number of nitrogens with zero attached hydrogens (tertiary/aromatic N) is 1. The molecule has 3 aliphatic carbocycles. The third-order valence-electron chi connectivity index (χ3n) is 7.17. The van der Waals surface area contributed by atoms with Crippen LogP contribution in [0.1, 0.15) is 56.1 Å². The van der Waals surface area contributed by atoms with Gasteiger partial charge in [-0.25, -0.2) is 0 Å². The second kappa shape index (κ2) is 4.74. The summed E-state index contributed by atoms with van der Waals surface area (Å²) in [6.45, 7) is 2.70. The van der Waals surface area contributed by atoms with Crippen LogP contribution in [0.4, 0.5) is 5.69 Å². The maximum Gasteiger partial charge on any atom is 0.0317 e. The van der Waals surface area contributed by atoms with E-state index < -0.39 is 0 Å². The Balaban J connectivity index is 1.58. The average molecular weight is 296 g/mol. The Bertz CT molecular complexity index is 591. The maximum atomic E-state index is 6.16. The summed E-state index contributed by atoms with van der Waals surface area (Å²) in [5, 5.41) is 0. The number of fused-ring (bicyclic) bond motifs is 1. The standard InChI is InChI=1S/C20H28N2/c21-16-7-6-15-11-19-17-3-1-2-8-20(17,18(15)12-16)9-10-22(19)13-14-4-5-14/h6-7,12,14,17,19H,1-5,8-11,13,21H2/t17-,19-,20-/m0/s1. The number of anilines is 1. The molecule has 1 aromatic rings. The van der Waals surface area contributed by atoms with Crippen LogP contribution in [0, 0.1) is 11.8 Å². The fourth-order valence-corrected chi connectivity index (χ4v) is 5.96. The molecular weight excluding hydrogens is 268 g/mol. The number of rotatable bonds is 2. The molecule has 0 unspecified atom stereocenters. The second-order valence-electron chi connectivity index (χ2n) is 8.38. The number of nitrogens with two attached hydrogens (primary N) is 1. The molecule has 0 amide bonds. The van der Waals surface area contributed by atoms with Gasteiger partial charge >= 0.3 is 0 Å². The number of hydrogen-bond acceptors (Lipinski definition) is 2. The molecule has 0 aromatic heterocycles. The molecule has 22 heavy (non-hydrogen) atoms. The maximum absolute atomic E-state index is 6.16. The van der Waals surface area contributed by atoms with Gasteiger partial charge in [0.25, 0.3) is 0 Å². The summed E-state index contributed by atoms with van der Waals surface area (Å²) in [6.07, 6.45) is 11.3. The lowest BCUT2D eigenvalue weighted by atomic mass is 9.52. The molecule has 3 atom stereocenters. The first-order valence-corrected chi connectivity index (χ1v) is 9.39. The molecule has 5 rings (SSSR count). The van der Waals surface area contributed by atoms with E-state index in [-0.39, 0.29) is 0 Å². The minimum Gasteiger partial charge on any atom is -0.399 e. The Hall–Kier alpha value is -1.02. The van der Waals surface area contributed by atoms with Crippen molar-refractivity contribution >= 4 is 5.69 Å². The fraction of sp³-hybridized carbons (Fsp3) is 0.700. The smallest absolute Gasteiger partial charge is 0.0317 e. The molecular formula is C20H28N2. The van der Waals surface area contributed by atoms with Crippen LogP contribution in [-0.4, -0.2) is 24.0 Å². The molecule has 1 saturated heterocycles. The molecule has 2 heteroatoms. The third-order valence-corrected chi connectivity index (χ3v) is 7.17. The van der Waals surface area contributed by atoms with Crippen LogP contribution in [0.15, 0.2) is 18.2 Å². The zero-order valence-electron chi connectivity index (χ0n) is 13.6. The molecule has 1 aliphatic heterocycles. The van der Waals surface area contributed by atoms with Crippen LogP contribution in [0.3, 0.4) is 0 Å². The minimum absolute atomic E-state index is 0.464. The Morgan fingerprint density at radius 3 is 2.91 bits per heavy atom. The zero-order chi connectivity index (χ0) is 14.7. The monoisotopic (exact) mass is 296 g/mol. The number of hydrogen-bond donors (Lipinski definition) is 1. The van der Waals surface area contributed by atoms with Crippen molar-refractivity contribution in [3.63, 3.8) is 0 Å². The van der Waals surface area contributed by atoms with Crippen LogP contribution >= 0.6 is 0 Å². The summed E-state index contributed by atoms with van der Waals surface area (Å²) in [5.74, 6) is 1.91. The molecule has 1 heterocycles. The molecule has 2 nitrogen and oxygen atoms in total. The van der Waals surface area contributed by atoms with Crippen molar-refractivity contribution in [2.45, 2.75) is 62.8 Å². The van der Waals surface area contributed by atoms with Crippen LogP contribution < -0.4 is 5.73 Å². The molecule has 2 N–H and O–H groups in total. The Labute approximate surface area is 134 Å². The second-order valence-corrected chi connectivity index (χ2v) is 8.38. The van der Waals surface area contributed by atoms with Crippen LogP contribution in [0.25, 0.3) is 0 Å². The first-order valence-electron chi connectivity index (χ1n) is 9.39. The summed E-state index contributed by atoms with van der Waals surface area (Å²) in [7, 11) is 0. The van der Waals surface area contributed by atoms with E-state index in [0.717, 1.165) is 23.6 Å². The molecule has 118 valence electrons. The first kappa shape index (κ1) is 13.4.